The van der Waals surface area contributed by atoms with Crippen LogP contribution in [0, 0.1) is 5.92 Å². The van der Waals surface area contributed by atoms with Crippen molar-refractivity contribution in [3.05, 3.63) is 35.9 Å². The first-order chi connectivity index (χ1) is 12.8. The first-order valence-corrected chi connectivity index (χ1v) is 9.45. The zero-order valence-corrected chi connectivity index (χ0v) is 16.1. The predicted octanol–water partition coefficient (Wildman–Crippen LogP) is 0.385. The summed E-state index contributed by atoms with van der Waals surface area (Å²) in [4.78, 5) is 38.1. The van der Waals surface area contributed by atoms with Crippen LogP contribution in [0.2, 0.25) is 0 Å². The number of nitrogens with zero attached hydrogens (tertiary/aromatic N) is 1. The van der Waals surface area contributed by atoms with E-state index in [-0.39, 0.29) is 35.5 Å². The molecule has 3 N–H and O–H groups in total. The molecule has 0 aliphatic carbocycles. The van der Waals surface area contributed by atoms with Gasteiger partial charge in [-0.15, -0.1) is 0 Å². The number of carbonyl (C=O) groups is 3. The molecule has 0 bridgehead atoms. The summed E-state index contributed by atoms with van der Waals surface area (Å²) < 4.78 is 0. The molecule has 7 nitrogen and oxygen atoms in total. The second-order valence-electron chi connectivity index (χ2n) is 7.28. The zero-order valence-electron chi connectivity index (χ0n) is 16.1. The number of hydrogen-bond donors (Lipinski definition) is 3. The number of amides is 2. The van der Waals surface area contributed by atoms with Gasteiger partial charge in [0.2, 0.25) is 11.8 Å². The van der Waals surface area contributed by atoms with E-state index in [2.05, 4.69) is 24.5 Å². The number of carboxylic acid groups (broad SMARTS) is 1. The van der Waals surface area contributed by atoms with E-state index in [1.54, 1.807) is 4.90 Å². The molecule has 1 unspecified atom stereocenters. The molecule has 4 atom stereocenters. The minimum absolute atomic E-state index is 0. The third kappa shape index (κ3) is 6.88. The van der Waals surface area contributed by atoms with E-state index in [9.17, 15) is 19.5 Å². The van der Waals surface area contributed by atoms with E-state index in [4.69, 9.17) is 0 Å². The number of likely N-dealkylation sites (N-methyl/N-ethyl adjacent to an activating group) is 1. The van der Waals surface area contributed by atoms with Gasteiger partial charge in [0.1, 0.15) is 18.1 Å². The van der Waals surface area contributed by atoms with Crippen molar-refractivity contribution < 1.29 is 19.5 Å². The second kappa shape index (κ2) is 11.6. The van der Waals surface area contributed by atoms with Crippen molar-refractivity contribution >= 4 is 47.3 Å². The number of benzene rings is 1. The van der Waals surface area contributed by atoms with Crippen LogP contribution in [0.5, 0.6) is 0 Å². The average molecular weight is 399 g/mol. The molecule has 1 aliphatic rings. The average Bonchev–Trinajstić information content (AvgIpc) is 3.36. The molecule has 2 rings (SSSR count). The summed E-state index contributed by atoms with van der Waals surface area (Å²) in [5, 5.41) is 14.9. The Hall–Kier alpha value is -1.41. The SMILES string of the molecule is CCN1[C@H](C(=O)O)[C@H]1C(=O)N[C@@H](Cc1ccccc1)C(=O)NCCC(C)C.[NaH]. The first kappa shape index (κ1) is 24.6. The van der Waals surface area contributed by atoms with Crippen LogP contribution in [0.3, 0.4) is 0 Å². The van der Waals surface area contributed by atoms with Crippen LogP contribution in [0.15, 0.2) is 30.3 Å². The van der Waals surface area contributed by atoms with Gasteiger partial charge in [-0.3, -0.25) is 19.3 Å². The normalized spacial score (nSPS) is 21.4. The molecule has 1 aliphatic heterocycles. The van der Waals surface area contributed by atoms with Crippen LogP contribution in [-0.2, 0) is 20.8 Å². The molecule has 0 radical (unpaired) electrons. The van der Waals surface area contributed by atoms with Crippen molar-refractivity contribution in [2.45, 2.75) is 51.7 Å². The van der Waals surface area contributed by atoms with E-state index in [1.807, 2.05) is 37.3 Å². The number of rotatable bonds is 10. The molecule has 1 heterocycles. The Kier molecular flexibility index (Phi) is 10.2. The predicted molar refractivity (Wildman–Crippen MR) is 109 cm³/mol. The van der Waals surface area contributed by atoms with Crippen molar-refractivity contribution in [1.82, 2.24) is 15.5 Å². The summed E-state index contributed by atoms with van der Waals surface area (Å²) in [5.41, 5.74) is 0.930. The Bertz CT molecular complexity index is 669. The zero-order chi connectivity index (χ0) is 20.0. The van der Waals surface area contributed by atoms with Crippen molar-refractivity contribution in [3.63, 3.8) is 0 Å². The van der Waals surface area contributed by atoms with Crippen LogP contribution in [0.1, 0.15) is 32.8 Å². The number of aliphatic carboxylic acids is 1. The number of hydrogen-bond acceptors (Lipinski definition) is 4. The van der Waals surface area contributed by atoms with Crippen LogP contribution in [0.25, 0.3) is 0 Å². The van der Waals surface area contributed by atoms with Crippen molar-refractivity contribution in [3.8, 4) is 0 Å². The first-order valence-electron chi connectivity index (χ1n) is 9.45. The molecule has 1 aromatic carbocycles. The Morgan fingerprint density at radius 3 is 2.29 bits per heavy atom. The molecule has 8 heteroatoms. The molecule has 1 aromatic rings. The molecule has 1 fully saturated rings. The van der Waals surface area contributed by atoms with Crippen molar-refractivity contribution in [1.29, 1.82) is 0 Å². The minimum atomic E-state index is -1.02. The molecule has 0 saturated carbocycles. The van der Waals surface area contributed by atoms with Gasteiger partial charge in [-0.05, 0) is 24.4 Å². The summed E-state index contributed by atoms with van der Waals surface area (Å²) in [6.45, 7) is 6.98. The summed E-state index contributed by atoms with van der Waals surface area (Å²) in [7, 11) is 0. The Morgan fingerprint density at radius 1 is 1.14 bits per heavy atom. The fourth-order valence-electron chi connectivity index (χ4n) is 3.16. The van der Waals surface area contributed by atoms with Gasteiger partial charge in [0.05, 0.1) is 0 Å². The summed E-state index contributed by atoms with van der Waals surface area (Å²) in [6, 6.07) is 7.19. The number of nitrogens with one attached hydrogen (secondary N) is 2. The van der Waals surface area contributed by atoms with E-state index >= 15 is 0 Å². The molecule has 0 aromatic heterocycles. The monoisotopic (exact) mass is 399 g/mol. The molecular weight excluding hydrogens is 369 g/mol. The molecule has 150 valence electrons. The maximum atomic E-state index is 12.6. The van der Waals surface area contributed by atoms with Crippen molar-refractivity contribution in [2.24, 2.45) is 5.92 Å². The van der Waals surface area contributed by atoms with Crippen LogP contribution in [-0.4, -0.2) is 88.6 Å². The molecule has 28 heavy (non-hydrogen) atoms. The van der Waals surface area contributed by atoms with Gasteiger partial charge in [-0.25, -0.2) is 0 Å². The standard InChI is InChI=1S/C20H29N3O4.Na.H/c1-4-23-16(17(23)20(26)27)19(25)22-15(12-14-8-6-5-7-9-14)18(24)21-11-10-13(2)3;;/h5-9,13,15-17H,4,10-12H2,1-3H3,(H,21,24)(H,22,25)(H,26,27);;/t15-,16-,17-,23?;;/m0../s1. The molecule has 2 amide bonds. The summed E-state index contributed by atoms with van der Waals surface area (Å²) in [5.74, 6) is -1.21. The fourth-order valence-corrected chi connectivity index (χ4v) is 3.16. The van der Waals surface area contributed by atoms with Gasteiger partial charge in [0.15, 0.2) is 0 Å². The Labute approximate surface area is 188 Å². The van der Waals surface area contributed by atoms with Gasteiger partial charge in [0, 0.05) is 13.0 Å². The molecule has 0 spiro atoms. The van der Waals surface area contributed by atoms with E-state index in [0.29, 0.717) is 25.4 Å². The molecular formula is C20H30N3NaO4. The number of carbonyl (C=O) groups excluding carboxylic acids is 2. The van der Waals surface area contributed by atoms with E-state index in [1.165, 1.54) is 0 Å². The quantitative estimate of drug-likeness (QED) is 0.390. The van der Waals surface area contributed by atoms with Crippen LogP contribution < -0.4 is 10.6 Å². The van der Waals surface area contributed by atoms with E-state index in [0.717, 1.165) is 12.0 Å². The third-order valence-electron chi connectivity index (χ3n) is 4.75. The van der Waals surface area contributed by atoms with Crippen LogP contribution >= 0.6 is 0 Å². The van der Waals surface area contributed by atoms with Gasteiger partial charge in [-0.2, -0.15) is 0 Å². The Balaban J connectivity index is 0.00000392. The Morgan fingerprint density at radius 2 is 1.79 bits per heavy atom. The maximum absolute atomic E-state index is 12.6. The second-order valence-corrected chi connectivity index (χ2v) is 7.28. The van der Waals surface area contributed by atoms with Crippen LogP contribution in [0.4, 0.5) is 0 Å². The van der Waals surface area contributed by atoms with Crippen molar-refractivity contribution in [2.75, 3.05) is 13.1 Å². The summed E-state index contributed by atoms with van der Waals surface area (Å²) in [6.07, 6.45) is 1.21. The topological polar surface area (TPSA) is 98.5 Å². The summed E-state index contributed by atoms with van der Waals surface area (Å²) >= 11 is 0. The van der Waals surface area contributed by atoms with Gasteiger partial charge in [-0.1, -0.05) is 51.1 Å². The van der Waals surface area contributed by atoms with Gasteiger partial charge < -0.3 is 15.7 Å². The van der Waals surface area contributed by atoms with Gasteiger partial charge >= 0.3 is 35.5 Å². The van der Waals surface area contributed by atoms with E-state index < -0.39 is 30.0 Å². The third-order valence-corrected chi connectivity index (χ3v) is 4.75. The fraction of sp³-hybridized carbons (Fsp3) is 0.550. The number of carboxylic acids is 1. The van der Waals surface area contributed by atoms with Gasteiger partial charge in [0.25, 0.3) is 0 Å². The molecule has 1 saturated heterocycles.